The first-order chi connectivity index (χ1) is 8.24. The minimum atomic E-state index is -0.324. The molecule has 1 aliphatic carbocycles. The summed E-state index contributed by atoms with van der Waals surface area (Å²) in [6.45, 7) is 4.09. The zero-order valence-electron chi connectivity index (χ0n) is 10.5. The van der Waals surface area contributed by atoms with Crippen molar-refractivity contribution in [1.82, 2.24) is 4.90 Å². The van der Waals surface area contributed by atoms with Crippen molar-refractivity contribution in [3.8, 4) is 0 Å². The van der Waals surface area contributed by atoms with Crippen molar-refractivity contribution < 1.29 is 5.11 Å². The third kappa shape index (κ3) is 2.12. The van der Waals surface area contributed by atoms with Gasteiger partial charge in [0.25, 0.3) is 0 Å². The molecule has 17 heavy (non-hydrogen) atoms. The molecule has 2 bridgehead atoms. The largest absolute Gasteiger partial charge is 0.387 e. The maximum absolute atomic E-state index is 10.3. The van der Waals surface area contributed by atoms with Crippen molar-refractivity contribution in [2.75, 3.05) is 13.1 Å². The predicted octanol–water partition coefficient (Wildman–Crippen LogP) is 2.51. The lowest BCUT2D eigenvalue weighted by atomic mass is 10.0. The fourth-order valence-electron chi connectivity index (χ4n) is 3.53. The molecule has 0 spiro atoms. The molecule has 1 saturated heterocycles. The highest BCUT2D eigenvalue weighted by Gasteiger charge is 2.38. The van der Waals surface area contributed by atoms with E-state index in [0.29, 0.717) is 0 Å². The van der Waals surface area contributed by atoms with E-state index in [1.54, 1.807) is 0 Å². The second-order valence-electron chi connectivity index (χ2n) is 5.66. The lowest BCUT2D eigenvalue weighted by Gasteiger charge is -2.29. The monoisotopic (exact) mass is 231 g/mol. The molecule has 3 rings (SSSR count). The molecule has 2 heteroatoms. The van der Waals surface area contributed by atoms with Crippen molar-refractivity contribution in [3.63, 3.8) is 0 Å². The Bertz CT molecular complexity index is 404. The number of rotatable bonds is 3. The number of hydrogen-bond acceptors (Lipinski definition) is 2. The van der Waals surface area contributed by atoms with Crippen LogP contribution in [0.1, 0.15) is 36.5 Å². The molecule has 2 nitrogen and oxygen atoms in total. The molecular formula is C15H21NO. The summed E-state index contributed by atoms with van der Waals surface area (Å²) in [5.41, 5.74) is 2.29. The summed E-state index contributed by atoms with van der Waals surface area (Å²) < 4.78 is 0. The van der Waals surface area contributed by atoms with E-state index in [4.69, 9.17) is 0 Å². The van der Waals surface area contributed by atoms with Crippen molar-refractivity contribution in [2.45, 2.75) is 38.3 Å². The van der Waals surface area contributed by atoms with Gasteiger partial charge in [0.1, 0.15) is 0 Å². The van der Waals surface area contributed by atoms with Gasteiger partial charge in [-0.05, 0) is 43.2 Å². The lowest BCUT2D eigenvalue weighted by Crippen LogP contribution is -2.35. The Morgan fingerprint density at radius 1 is 1.35 bits per heavy atom. The first kappa shape index (κ1) is 11.2. The van der Waals surface area contributed by atoms with Gasteiger partial charge in [-0.3, -0.25) is 4.90 Å². The number of piperidine rings is 1. The smallest absolute Gasteiger partial charge is 0.0919 e. The summed E-state index contributed by atoms with van der Waals surface area (Å²) in [5, 5.41) is 10.3. The lowest BCUT2D eigenvalue weighted by molar-refractivity contribution is 0.0943. The van der Waals surface area contributed by atoms with Gasteiger partial charge < -0.3 is 5.11 Å². The summed E-state index contributed by atoms with van der Waals surface area (Å²) in [6.07, 6.45) is 3.78. The fraction of sp³-hybridized carbons (Fsp3) is 0.600. The Balaban J connectivity index is 1.68. The molecule has 1 N–H and O–H groups in total. The molecule has 2 aliphatic rings. The maximum atomic E-state index is 10.3. The van der Waals surface area contributed by atoms with E-state index >= 15 is 0 Å². The molecule has 1 heterocycles. The van der Waals surface area contributed by atoms with Crippen LogP contribution in [0.4, 0.5) is 0 Å². The number of aryl methyl sites for hydroxylation is 1. The highest BCUT2D eigenvalue weighted by atomic mass is 16.3. The van der Waals surface area contributed by atoms with Crippen LogP contribution in [0, 0.1) is 12.8 Å². The second kappa shape index (κ2) is 4.43. The minimum Gasteiger partial charge on any atom is -0.387 e. The second-order valence-corrected chi connectivity index (χ2v) is 5.66. The van der Waals surface area contributed by atoms with E-state index in [1.165, 1.54) is 31.4 Å². The molecule has 1 aromatic carbocycles. The number of aliphatic hydroxyl groups is 1. The Morgan fingerprint density at radius 2 is 2.18 bits per heavy atom. The van der Waals surface area contributed by atoms with Crippen LogP contribution in [0.2, 0.25) is 0 Å². The summed E-state index contributed by atoms with van der Waals surface area (Å²) in [6, 6.07) is 8.92. The predicted molar refractivity (Wildman–Crippen MR) is 68.8 cm³/mol. The van der Waals surface area contributed by atoms with E-state index in [0.717, 1.165) is 24.1 Å². The highest BCUT2D eigenvalue weighted by Crippen LogP contribution is 2.38. The highest BCUT2D eigenvalue weighted by molar-refractivity contribution is 5.27. The van der Waals surface area contributed by atoms with Crippen LogP contribution in [0.25, 0.3) is 0 Å². The molecule has 3 unspecified atom stereocenters. The van der Waals surface area contributed by atoms with Crippen LogP contribution in [0.3, 0.4) is 0 Å². The number of benzene rings is 1. The molecule has 92 valence electrons. The average molecular weight is 231 g/mol. The van der Waals surface area contributed by atoms with Gasteiger partial charge in [-0.15, -0.1) is 0 Å². The number of aliphatic hydroxyl groups excluding tert-OH is 1. The van der Waals surface area contributed by atoms with Gasteiger partial charge in [0.05, 0.1) is 6.10 Å². The summed E-state index contributed by atoms with van der Waals surface area (Å²) in [5.74, 6) is 0.907. The SMILES string of the molecule is Cc1ccccc1C(O)CN1CC2CCC1C2. The average Bonchev–Trinajstić information content (AvgIpc) is 2.91. The summed E-state index contributed by atoms with van der Waals surface area (Å²) in [4.78, 5) is 2.49. The van der Waals surface area contributed by atoms with Gasteiger partial charge in [-0.2, -0.15) is 0 Å². The van der Waals surface area contributed by atoms with Gasteiger partial charge in [-0.1, -0.05) is 24.3 Å². The van der Waals surface area contributed by atoms with E-state index in [1.807, 2.05) is 18.2 Å². The van der Waals surface area contributed by atoms with Crippen molar-refractivity contribution >= 4 is 0 Å². The van der Waals surface area contributed by atoms with Gasteiger partial charge in [-0.25, -0.2) is 0 Å². The number of β-amino-alcohol motifs (C(OH)–C–C–N with tert-alkyl or cyclic N) is 1. The molecule has 0 amide bonds. The minimum absolute atomic E-state index is 0.324. The topological polar surface area (TPSA) is 23.5 Å². The van der Waals surface area contributed by atoms with Crippen LogP contribution in [-0.2, 0) is 0 Å². The zero-order chi connectivity index (χ0) is 11.8. The van der Waals surface area contributed by atoms with E-state index in [2.05, 4.69) is 17.9 Å². The molecule has 1 aromatic rings. The van der Waals surface area contributed by atoms with Crippen LogP contribution in [0.15, 0.2) is 24.3 Å². The van der Waals surface area contributed by atoms with Gasteiger partial charge >= 0.3 is 0 Å². The third-order valence-electron chi connectivity index (χ3n) is 4.48. The van der Waals surface area contributed by atoms with Crippen LogP contribution in [-0.4, -0.2) is 29.1 Å². The first-order valence-electron chi connectivity index (χ1n) is 6.71. The van der Waals surface area contributed by atoms with Gasteiger partial charge in [0.2, 0.25) is 0 Å². The molecular weight excluding hydrogens is 210 g/mol. The summed E-state index contributed by atoms with van der Waals surface area (Å²) >= 11 is 0. The molecule has 1 aliphatic heterocycles. The zero-order valence-corrected chi connectivity index (χ0v) is 10.5. The Labute approximate surface area is 103 Å². The molecule has 2 fully saturated rings. The van der Waals surface area contributed by atoms with Gasteiger partial charge in [0, 0.05) is 19.1 Å². The molecule has 0 radical (unpaired) electrons. The fourth-order valence-corrected chi connectivity index (χ4v) is 3.53. The number of hydrogen-bond donors (Lipinski definition) is 1. The van der Waals surface area contributed by atoms with Crippen LogP contribution < -0.4 is 0 Å². The summed E-state index contributed by atoms with van der Waals surface area (Å²) in [7, 11) is 0. The molecule has 3 atom stereocenters. The van der Waals surface area contributed by atoms with E-state index < -0.39 is 0 Å². The third-order valence-corrected chi connectivity index (χ3v) is 4.48. The van der Waals surface area contributed by atoms with Crippen molar-refractivity contribution in [3.05, 3.63) is 35.4 Å². The standard InChI is InChI=1S/C15H21NO/c1-11-4-2-3-5-14(11)15(17)10-16-9-12-6-7-13(16)8-12/h2-5,12-13,15,17H,6-10H2,1H3. The van der Waals surface area contributed by atoms with Crippen molar-refractivity contribution in [1.29, 1.82) is 0 Å². The normalized spacial score (nSPS) is 29.8. The Kier molecular flexibility index (Phi) is 2.93. The number of nitrogens with zero attached hydrogens (tertiary/aromatic N) is 1. The van der Waals surface area contributed by atoms with Crippen LogP contribution in [0.5, 0.6) is 0 Å². The van der Waals surface area contributed by atoms with E-state index in [9.17, 15) is 5.11 Å². The Morgan fingerprint density at radius 3 is 2.82 bits per heavy atom. The van der Waals surface area contributed by atoms with Gasteiger partial charge in [0.15, 0.2) is 0 Å². The molecule has 0 aromatic heterocycles. The maximum Gasteiger partial charge on any atom is 0.0919 e. The number of fused-ring (bicyclic) bond motifs is 2. The van der Waals surface area contributed by atoms with E-state index in [-0.39, 0.29) is 6.10 Å². The Hall–Kier alpha value is -0.860. The van der Waals surface area contributed by atoms with Crippen LogP contribution >= 0.6 is 0 Å². The number of likely N-dealkylation sites (tertiary alicyclic amines) is 1. The van der Waals surface area contributed by atoms with Crippen molar-refractivity contribution in [2.24, 2.45) is 5.92 Å². The molecule has 1 saturated carbocycles. The first-order valence-corrected chi connectivity index (χ1v) is 6.71. The quantitative estimate of drug-likeness (QED) is 0.864.